The van der Waals surface area contributed by atoms with Gasteiger partial charge in [-0.05, 0) is 62.7 Å². The maximum absolute atomic E-state index is 12.8. The van der Waals surface area contributed by atoms with Gasteiger partial charge >= 0.3 is 0 Å². The molecule has 0 bridgehead atoms. The largest absolute Gasteiger partial charge is 0.488 e. The molecule has 0 aliphatic carbocycles. The van der Waals surface area contributed by atoms with E-state index >= 15 is 0 Å². The topological polar surface area (TPSA) is 148 Å². The van der Waals surface area contributed by atoms with Crippen LogP contribution in [0.2, 0.25) is 0 Å². The highest BCUT2D eigenvalue weighted by atomic mass is 32.2. The van der Waals surface area contributed by atoms with Crippen molar-refractivity contribution in [2.24, 2.45) is 0 Å². The SMILES string of the molecule is CC(C)(C)Oc1ccc(C[C@@H](C(=O)NO)n2cc(CNS(=O)(=O)c3ccc(-c4ccccn4)s3)nn2)cc1. The predicted molar refractivity (Wildman–Crippen MR) is 141 cm³/mol. The summed E-state index contributed by atoms with van der Waals surface area (Å²) in [6.45, 7) is 5.71. The van der Waals surface area contributed by atoms with Crippen molar-refractivity contribution in [1.29, 1.82) is 0 Å². The molecule has 4 aromatic rings. The third-order valence-corrected chi connectivity index (χ3v) is 8.27. The summed E-state index contributed by atoms with van der Waals surface area (Å²) < 4.78 is 35.4. The van der Waals surface area contributed by atoms with Crippen molar-refractivity contribution in [1.82, 2.24) is 30.2 Å². The van der Waals surface area contributed by atoms with Gasteiger partial charge in [0.05, 0.1) is 29.0 Å². The molecule has 13 heteroatoms. The van der Waals surface area contributed by atoms with Crippen molar-refractivity contribution in [2.75, 3.05) is 0 Å². The summed E-state index contributed by atoms with van der Waals surface area (Å²) in [5.74, 6) is 0.00955. The fraction of sp³-hybridized carbons (Fsp3) is 0.280. The third kappa shape index (κ3) is 7.01. The molecule has 11 nitrogen and oxygen atoms in total. The molecule has 1 atom stereocenters. The van der Waals surface area contributed by atoms with Crippen LogP contribution in [0.5, 0.6) is 5.75 Å². The van der Waals surface area contributed by atoms with Crippen LogP contribution in [0.15, 0.2) is 71.2 Å². The van der Waals surface area contributed by atoms with Crippen molar-refractivity contribution in [3.05, 3.63) is 78.2 Å². The summed E-state index contributed by atoms with van der Waals surface area (Å²) in [5.41, 5.74) is 3.12. The molecule has 0 fully saturated rings. The second-order valence-corrected chi connectivity index (χ2v) is 12.5. The molecule has 3 aromatic heterocycles. The number of hydrogen-bond acceptors (Lipinski definition) is 9. The van der Waals surface area contributed by atoms with Crippen LogP contribution in [0.25, 0.3) is 10.6 Å². The molecule has 0 unspecified atom stereocenters. The van der Waals surface area contributed by atoms with E-state index in [0.717, 1.165) is 21.8 Å². The lowest BCUT2D eigenvalue weighted by molar-refractivity contribution is -0.133. The Kier molecular flexibility index (Phi) is 8.21. The van der Waals surface area contributed by atoms with Crippen molar-refractivity contribution in [3.8, 4) is 16.3 Å². The van der Waals surface area contributed by atoms with Crippen LogP contribution in [-0.4, -0.2) is 45.1 Å². The second kappa shape index (κ2) is 11.4. The number of benzene rings is 1. The zero-order valence-corrected chi connectivity index (χ0v) is 22.7. The number of rotatable bonds is 10. The molecule has 0 saturated carbocycles. The Morgan fingerprint density at radius 3 is 2.55 bits per heavy atom. The fourth-order valence-electron chi connectivity index (χ4n) is 3.55. The molecular weight excluding hydrogens is 528 g/mol. The molecule has 200 valence electrons. The second-order valence-electron chi connectivity index (χ2n) is 9.40. The Labute approximate surface area is 224 Å². The number of thiophene rings is 1. The minimum atomic E-state index is -3.81. The fourth-order valence-corrected chi connectivity index (χ4v) is 5.88. The van der Waals surface area contributed by atoms with Gasteiger partial charge in [-0.2, -0.15) is 0 Å². The zero-order chi connectivity index (χ0) is 27.3. The first-order valence-corrected chi connectivity index (χ1v) is 14.0. The number of nitrogens with one attached hydrogen (secondary N) is 2. The van der Waals surface area contributed by atoms with E-state index in [2.05, 4.69) is 20.0 Å². The van der Waals surface area contributed by atoms with Gasteiger partial charge in [0.15, 0.2) is 0 Å². The molecule has 0 aliphatic rings. The lowest BCUT2D eigenvalue weighted by atomic mass is 10.1. The lowest BCUT2D eigenvalue weighted by Crippen LogP contribution is -2.32. The molecule has 3 N–H and O–H groups in total. The minimum absolute atomic E-state index is 0.133. The maximum Gasteiger partial charge on any atom is 0.268 e. The quantitative estimate of drug-likeness (QED) is 0.199. The van der Waals surface area contributed by atoms with Crippen molar-refractivity contribution in [3.63, 3.8) is 0 Å². The van der Waals surface area contributed by atoms with Gasteiger partial charge in [-0.3, -0.25) is 15.0 Å². The van der Waals surface area contributed by atoms with E-state index < -0.39 is 22.0 Å². The number of carbonyl (C=O) groups is 1. The average molecular weight is 557 g/mol. The van der Waals surface area contributed by atoms with Crippen LogP contribution < -0.4 is 14.9 Å². The van der Waals surface area contributed by atoms with Crippen LogP contribution in [-0.2, 0) is 27.8 Å². The summed E-state index contributed by atoms with van der Waals surface area (Å²) in [7, 11) is -3.81. The highest BCUT2D eigenvalue weighted by Crippen LogP contribution is 2.29. The normalized spacial score (nSPS) is 12.7. The summed E-state index contributed by atoms with van der Waals surface area (Å²) >= 11 is 1.11. The third-order valence-electron chi connectivity index (χ3n) is 5.27. The summed E-state index contributed by atoms with van der Waals surface area (Å²) in [4.78, 5) is 17.4. The van der Waals surface area contributed by atoms with Crippen LogP contribution in [0.1, 0.15) is 38.1 Å². The molecule has 0 saturated heterocycles. The van der Waals surface area contributed by atoms with Gasteiger partial charge in [0, 0.05) is 12.6 Å². The van der Waals surface area contributed by atoms with Crippen molar-refractivity contribution >= 4 is 27.3 Å². The van der Waals surface area contributed by atoms with Crippen molar-refractivity contribution in [2.45, 2.75) is 49.6 Å². The maximum atomic E-state index is 12.8. The van der Waals surface area contributed by atoms with Crippen LogP contribution in [0, 0.1) is 0 Å². The molecule has 0 spiro atoms. The monoisotopic (exact) mass is 556 g/mol. The number of amides is 1. The Morgan fingerprint density at radius 2 is 1.89 bits per heavy atom. The molecule has 0 radical (unpaired) electrons. The van der Waals surface area contributed by atoms with Crippen LogP contribution in [0.4, 0.5) is 0 Å². The lowest BCUT2D eigenvalue weighted by Gasteiger charge is -2.21. The summed E-state index contributed by atoms with van der Waals surface area (Å²) in [5, 5.41) is 17.3. The molecule has 0 aliphatic heterocycles. The molecule has 1 aromatic carbocycles. The Balaban J connectivity index is 1.43. The van der Waals surface area contributed by atoms with E-state index in [1.54, 1.807) is 42.0 Å². The molecule has 3 heterocycles. The van der Waals surface area contributed by atoms with E-state index in [4.69, 9.17) is 4.74 Å². The predicted octanol–water partition coefficient (Wildman–Crippen LogP) is 3.35. The Bertz CT molecular complexity index is 1480. The molecule has 1 amide bonds. The number of hydroxylamine groups is 1. The smallest absolute Gasteiger partial charge is 0.268 e. The van der Waals surface area contributed by atoms with Gasteiger partial charge in [0.1, 0.15) is 21.6 Å². The number of nitrogens with zero attached hydrogens (tertiary/aromatic N) is 4. The molecule has 4 rings (SSSR count). The highest BCUT2D eigenvalue weighted by molar-refractivity contribution is 7.91. The van der Waals surface area contributed by atoms with E-state index in [0.29, 0.717) is 17.1 Å². The number of pyridine rings is 1. The molecular formula is C25H28N6O5S2. The number of carbonyl (C=O) groups excluding carboxylic acids is 1. The average Bonchev–Trinajstić information content (AvgIpc) is 3.57. The van der Waals surface area contributed by atoms with E-state index in [-0.39, 0.29) is 22.8 Å². The first-order chi connectivity index (χ1) is 18.0. The number of hydrogen-bond donors (Lipinski definition) is 3. The van der Waals surface area contributed by atoms with Gasteiger partial charge in [0.25, 0.3) is 5.91 Å². The van der Waals surface area contributed by atoms with Gasteiger partial charge in [-0.1, -0.05) is 23.4 Å². The summed E-state index contributed by atoms with van der Waals surface area (Å²) in [6.07, 6.45) is 3.32. The Hall–Kier alpha value is -3.65. The standard InChI is InChI=1S/C25H28N6O5S2/c1-25(2,3)36-19-9-7-17(8-10-19)14-21(24(32)29-33)31-16-18(28-30-31)15-27-38(34,35)23-12-11-22(37-23)20-6-4-5-13-26-20/h4-13,16,21,27,33H,14-15H2,1-3H3,(H,29,32)/t21-/m0/s1. The minimum Gasteiger partial charge on any atom is -0.488 e. The van der Waals surface area contributed by atoms with Gasteiger partial charge in [-0.15, -0.1) is 16.4 Å². The number of sulfonamides is 1. The van der Waals surface area contributed by atoms with E-state index in [9.17, 15) is 18.4 Å². The van der Waals surface area contributed by atoms with Gasteiger partial charge < -0.3 is 4.74 Å². The van der Waals surface area contributed by atoms with E-state index in [1.807, 2.05) is 39.0 Å². The first-order valence-electron chi connectivity index (χ1n) is 11.7. The van der Waals surface area contributed by atoms with Gasteiger partial charge in [-0.25, -0.2) is 23.3 Å². The molecule has 38 heavy (non-hydrogen) atoms. The summed E-state index contributed by atoms with van der Waals surface area (Å²) in [6, 6.07) is 15.0. The number of ether oxygens (including phenoxy) is 1. The van der Waals surface area contributed by atoms with Crippen molar-refractivity contribution < 1.29 is 23.2 Å². The Morgan fingerprint density at radius 1 is 1.13 bits per heavy atom. The first kappa shape index (κ1) is 27.4. The zero-order valence-electron chi connectivity index (χ0n) is 21.0. The van der Waals surface area contributed by atoms with Crippen LogP contribution in [0.3, 0.4) is 0 Å². The van der Waals surface area contributed by atoms with Crippen LogP contribution >= 0.6 is 11.3 Å². The van der Waals surface area contributed by atoms with E-state index in [1.165, 1.54) is 16.9 Å². The number of aromatic nitrogens is 4. The van der Waals surface area contributed by atoms with Gasteiger partial charge in [0.2, 0.25) is 10.0 Å². The highest BCUT2D eigenvalue weighted by Gasteiger charge is 2.24.